The third-order valence-electron chi connectivity index (χ3n) is 9.27. The zero-order chi connectivity index (χ0) is 28.1. The number of aromatic nitrogens is 2. The number of hydrogen-bond donors (Lipinski definition) is 1. The first kappa shape index (κ1) is 26.4. The Morgan fingerprint density at radius 3 is 2.73 bits per heavy atom. The van der Waals surface area contributed by atoms with Crippen LogP contribution < -0.4 is 10.1 Å². The molecule has 2 aliphatic rings. The van der Waals surface area contributed by atoms with Crippen LogP contribution in [0.5, 0.6) is 5.75 Å². The van der Waals surface area contributed by atoms with E-state index in [1.165, 1.54) is 19.3 Å². The van der Waals surface area contributed by atoms with Crippen LogP contribution in [0.1, 0.15) is 86.3 Å². The van der Waals surface area contributed by atoms with E-state index < -0.39 is 5.60 Å². The van der Waals surface area contributed by atoms with E-state index in [9.17, 15) is 4.79 Å². The fraction of sp³-hybridized carbons (Fsp3) is 0.412. The van der Waals surface area contributed by atoms with Gasteiger partial charge in [-0.25, -0.2) is 4.79 Å². The molecule has 0 saturated heterocycles. The Morgan fingerprint density at radius 1 is 1.12 bits per heavy atom. The van der Waals surface area contributed by atoms with Crippen LogP contribution >= 0.6 is 0 Å². The summed E-state index contributed by atoms with van der Waals surface area (Å²) in [5.41, 5.74) is 4.75. The van der Waals surface area contributed by atoms with Crippen LogP contribution in [0.3, 0.4) is 0 Å². The van der Waals surface area contributed by atoms with Gasteiger partial charge in [-0.1, -0.05) is 38.0 Å². The van der Waals surface area contributed by atoms with Crippen LogP contribution in [0, 0.1) is 12.8 Å². The molecular formula is C34H39N3O3. The molecule has 40 heavy (non-hydrogen) atoms. The van der Waals surface area contributed by atoms with Crippen molar-refractivity contribution in [2.24, 2.45) is 5.92 Å². The van der Waals surface area contributed by atoms with Gasteiger partial charge < -0.3 is 19.4 Å². The third kappa shape index (κ3) is 3.91. The molecule has 3 unspecified atom stereocenters. The molecule has 1 fully saturated rings. The molecule has 0 amide bonds. The Morgan fingerprint density at radius 2 is 1.95 bits per heavy atom. The molecule has 208 valence electrons. The molecule has 4 aromatic rings. The first-order chi connectivity index (χ1) is 19.3. The average Bonchev–Trinajstić information content (AvgIpc) is 3.41. The standard InChI is InChI=1S/C34H39N3O3/c1-6-37-23(4)30(25-14-8-9-16-28(25)37)34(31-26(32(38)40-34)15-12-20-35-31)27-18-17-24(21-29(27)39-7-2)36-33(5)19-11-10-13-22(33)3/h8-9,12,14-18,20-22,36H,6-7,10-11,13,19H2,1-5H3. The quantitative estimate of drug-likeness (QED) is 0.246. The predicted molar refractivity (Wildman–Crippen MR) is 159 cm³/mol. The number of pyridine rings is 1. The molecular weight excluding hydrogens is 498 g/mol. The number of cyclic esters (lactones) is 1. The highest BCUT2D eigenvalue weighted by molar-refractivity contribution is 5.98. The number of benzene rings is 2. The van der Waals surface area contributed by atoms with Crippen LogP contribution in [0.2, 0.25) is 0 Å². The molecule has 3 heterocycles. The molecule has 1 aliphatic heterocycles. The van der Waals surface area contributed by atoms with Gasteiger partial charge in [0.05, 0.1) is 12.2 Å². The van der Waals surface area contributed by atoms with Crippen molar-refractivity contribution in [2.45, 2.75) is 78.0 Å². The Labute approximate surface area is 236 Å². The molecule has 0 radical (unpaired) electrons. The van der Waals surface area contributed by atoms with Crippen molar-refractivity contribution in [3.8, 4) is 5.75 Å². The van der Waals surface area contributed by atoms with Crippen LogP contribution in [-0.2, 0) is 16.9 Å². The van der Waals surface area contributed by atoms with Crippen molar-refractivity contribution < 1.29 is 14.3 Å². The van der Waals surface area contributed by atoms with Crippen molar-refractivity contribution >= 4 is 22.6 Å². The molecule has 0 spiro atoms. The van der Waals surface area contributed by atoms with Crippen LogP contribution in [0.4, 0.5) is 5.69 Å². The molecule has 1 aliphatic carbocycles. The smallest absolute Gasteiger partial charge is 0.341 e. The van der Waals surface area contributed by atoms with Crippen LogP contribution in [0.15, 0.2) is 60.8 Å². The third-order valence-corrected chi connectivity index (χ3v) is 9.27. The molecule has 1 saturated carbocycles. The van der Waals surface area contributed by atoms with Gasteiger partial charge in [-0.15, -0.1) is 0 Å². The van der Waals surface area contributed by atoms with Gasteiger partial charge in [0.2, 0.25) is 5.60 Å². The first-order valence-corrected chi connectivity index (χ1v) is 14.7. The summed E-state index contributed by atoms with van der Waals surface area (Å²) in [6.07, 6.45) is 6.61. The largest absolute Gasteiger partial charge is 0.493 e. The number of anilines is 1. The maximum absolute atomic E-state index is 13.5. The summed E-state index contributed by atoms with van der Waals surface area (Å²) in [5.74, 6) is 0.889. The average molecular weight is 538 g/mol. The van der Waals surface area contributed by atoms with Gasteiger partial charge >= 0.3 is 5.97 Å². The second-order valence-corrected chi connectivity index (χ2v) is 11.5. The van der Waals surface area contributed by atoms with E-state index in [0.717, 1.165) is 46.4 Å². The summed E-state index contributed by atoms with van der Waals surface area (Å²) in [6.45, 7) is 12.2. The number of nitrogens with one attached hydrogen (secondary N) is 1. The molecule has 2 aromatic carbocycles. The molecule has 2 aromatic heterocycles. The zero-order valence-corrected chi connectivity index (χ0v) is 24.2. The van der Waals surface area contributed by atoms with Gasteiger partial charge in [0, 0.05) is 57.8 Å². The van der Waals surface area contributed by atoms with Crippen LogP contribution in [-0.4, -0.2) is 27.7 Å². The van der Waals surface area contributed by atoms with Gasteiger partial charge in [0.15, 0.2) is 0 Å². The second kappa shape index (κ2) is 9.99. The number of nitrogens with zero attached hydrogens (tertiary/aromatic N) is 2. The van der Waals surface area contributed by atoms with E-state index in [1.54, 1.807) is 12.3 Å². The minimum atomic E-state index is -1.25. The maximum Gasteiger partial charge on any atom is 0.341 e. The summed E-state index contributed by atoms with van der Waals surface area (Å²) in [5, 5.41) is 4.89. The fourth-order valence-corrected chi connectivity index (χ4v) is 7.05. The maximum atomic E-state index is 13.5. The number of rotatable bonds is 7. The van der Waals surface area contributed by atoms with Gasteiger partial charge in [-0.3, -0.25) is 4.98 Å². The fourth-order valence-electron chi connectivity index (χ4n) is 7.05. The number of carbonyl (C=O) groups is 1. The highest BCUT2D eigenvalue weighted by atomic mass is 16.6. The lowest BCUT2D eigenvalue weighted by Crippen LogP contribution is -2.43. The Balaban J connectivity index is 1.61. The van der Waals surface area contributed by atoms with Crippen LogP contribution in [0.25, 0.3) is 10.9 Å². The summed E-state index contributed by atoms with van der Waals surface area (Å²) < 4.78 is 15.2. The van der Waals surface area contributed by atoms with Gasteiger partial charge in [0.25, 0.3) is 0 Å². The number of ether oxygens (including phenoxy) is 2. The lowest BCUT2D eigenvalue weighted by molar-refractivity contribution is 0.0238. The lowest BCUT2D eigenvalue weighted by atomic mass is 9.75. The van der Waals surface area contributed by atoms with Crippen molar-refractivity contribution in [1.82, 2.24) is 9.55 Å². The van der Waals surface area contributed by atoms with E-state index in [-0.39, 0.29) is 11.5 Å². The van der Waals surface area contributed by atoms with Crippen molar-refractivity contribution in [3.63, 3.8) is 0 Å². The summed E-state index contributed by atoms with van der Waals surface area (Å²) in [4.78, 5) is 18.3. The number of esters is 1. The number of aryl methyl sites for hydroxylation is 1. The van der Waals surface area contributed by atoms with E-state index in [2.05, 4.69) is 74.0 Å². The minimum Gasteiger partial charge on any atom is -0.493 e. The Hall–Kier alpha value is -3.80. The molecule has 6 heteroatoms. The number of para-hydroxylation sites is 1. The van der Waals surface area contributed by atoms with Gasteiger partial charge in [-0.05, 0) is 76.8 Å². The molecule has 3 atom stereocenters. The first-order valence-electron chi connectivity index (χ1n) is 14.7. The van der Waals surface area contributed by atoms with Gasteiger partial charge in [-0.2, -0.15) is 0 Å². The SMILES string of the molecule is CCOc1cc(NC2(C)CCCCC2C)ccc1C1(c2c(C)n(CC)c3ccccc23)OC(=O)c2cccnc21. The zero-order valence-electron chi connectivity index (χ0n) is 24.2. The summed E-state index contributed by atoms with van der Waals surface area (Å²) >= 11 is 0. The number of fused-ring (bicyclic) bond motifs is 2. The Bertz CT molecular complexity index is 1590. The van der Waals surface area contributed by atoms with Crippen molar-refractivity contribution in [3.05, 3.63) is 88.9 Å². The molecule has 6 rings (SSSR count). The Kier molecular flexibility index (Phi) is 6.60. The normalized spacial score (nSPS) is 24.1. The van der Waals surface area contributed by atoms with E-state index in [0.29, 0.717) is 29.5 Å². The number of carbonyl (C=O) groups excluding carboxylic acids is 1. The predicted octanol–water partition coefficient (Wildman–Crippen LogP) is 7.61. The molecule has 6 nitrogen and oxygen atoms in total. The summed E-state index contributed by atoms with van der Waals surface area (Å²) in [7, 11) is 0. The topological polar surface area (TPSA) is 65.4 Å². The summed E-state index contributed by atoms with van der Waals surface area (Å²) in [6, 6.07) is 18.2. The highest BCUT2D eigenvalue weighted by Crippen LogP contribution is 2.53. The highest BCUT2D eigenvalue weighted by Gasteiger charge is 2.54. The van der Waals surface area contributed by atoms with E-state index >= 15 is 0 Å². The monoisotopic (exact) mass is 537 g/mol. The number of hydrogen-bond acceptors (Lipinski definition) is 5. The molecule has 0 bridgehead atoms. The van der Waals surface area contributed by atoms with Crippen molar-refractivity contribution in [1.29, 1.82) is 0 Å². The van der Waals surface area contributed by atoms with E-state index in [1.807, 2.05) is 19.1 Å². The van der Waals surface area contributed by atoms with Crippen molar-refractivity contribution in [2.75, 3.05) is 11.9 Å². The van der Waals surface area contributed by atoms with E-state index in [4.69, 9.17) is 14.5 Å². The molecule has 1 N–H and O–H groups in total. The minimum absolute atomic E-state index is 0.0139. The van der Waals surface area contributed by atoms with Gasteiger partial charge in [0.1, 0.15) is 11.4 Å². The second-order valence-electron chi connectivity index (χ2n) is 11.5. The lowest BCUT2D eigenvalue weighted by Gasteiger charge is -2.41.